The van der Waals surface area contributed by atoms with Crippen LogP contribution in [0.2, 0.25) is 0 Å². The smallest absolute Gasteiger partial charge is 0.408 e. The standard InChI is InChI=1S/C74H106N8O17/c1-44(2)35-53(76-64(89)34-32-59(84)57(40-51-29-23-18-24-30-51)82(15)70(95)47(6)37-61(86)54(39-50-27-21-17-22-28-50)79-72(97)99-74(11,12)13)60(85)36-46(5)67(92)80-66(45(3)4)62(87)41-52(38-49-25-19-16-20-26-49)69(94)77-55(42-65(90)91)71(96)81(14)48(7)68(93)78-56(43-98-73(8,9)10)58(83)31-33-63(75)88/h16-30,44-48,52-57,66H,31-43H2,1-15H3,(H2,75,88)(H,76,89)(H,77,94)(H,78,93)(H,79,97)(H,80,92)(H,90,91)/t46-,47-,48+,52-,53+,54+,55+,56+,57+,66+/m1/s1. The summed E-state index contributed by atoms with van der Waals surface area (Å²) in [4.78, 5) is 193. The van der Waals surface area contributed by atoms with Crippen molar-refractivity contribution in [1.82, 2.24) is 36.4 Å². The number of carbonyl (C=O) groups is 14. The minimum Gasteiger partial charge on any atom is -0.481 e. The lowest BCUT2D eigenvalue weighted by Crippen LogP contribution is -2.57. The van der Waals surface area contributed by atoms with E-state index in [-0.39, 0.29) is 76.7 Å². The summed E-state index contributed by atoms with van der Waals surface area (Å²) in [7, 11) is 2.66. The van der Waals surface area contributed by atoms with E-state index >= 15 is 0 Å². The number of amides is 8. The Hall–Kier alpha value is -9.00. The first-order valence-corrected chi connectivity index (χ1v) is 33.8. The summed E-state index contributed by atoms with van der Waals surface area (Å²) in [5.41, 5.74) is 5.75. The Balaban J connectivity index is 1.78. The number of carboxylic acid groups (broad SMARTS) is 1. The van der Waals surface area contributed by atoms with Crippen molar-refractivity contribution in [2.45, 2.75) is 221 Å². The van der Waals surface area contributed by atoms with E-state index in [0.29, 0.717) is 5.56 Å². The molecule has 0 unspecified atom stereocenters. The second-order valence-electron chi connectivity index (χ2n) is 28.4. The average Bonchev–Trinajstić information content (AvgIpc) is 0.860. The molecule has 0 radical (unpaired) electrons. The largest absolute Gasteiger partial charge is 0.481 e. The number of ketones is 5. The third kappa shape index (κ3) is 30.8. The van der Waals surface area contributed by atoms with E-state index < -0.39 is 172 Å². The van der Waals surface area contributed by atoms with Crippen molar-refractivity contribution in [3.05, 3.63) is 108 Å². The number of carboxylic acids is 1. The van der Waals surface area contributed by atoms with Crippen molar-refractivity contribution in [3.63, 3.8) is 0 Å². The van der Waals surface area contributed by atoms with Crippen molar-refractivity contribution in [2.24, 2.45) is 35.3 Å². The normalized spacial score (nSPS) is 14.6. The van der Waals surface area contributed by atoms with E-state index in [9.17, 15) is 72.2 Å². The molecule has 0 aliphatic rings. The molecule has 544 valence electrons. The highest BCUT2D eigenvalue weighted by Gasteiger charge is 2.39. The first kappa shape index (κ1) is 84.2. The molecular weight excluding hydrogens is 1270 g/mol. The molecule has 0 heterocycles. The molecule has 0 bridgehead atoms. The van der Waals surface area contributed by atoms with Crippen LogP contribution in [0.15, 0.2) is 91.0 Å². The maximum absolute atomic E-state index is 14.5. The SMILES string of the molecule is CC(C)C[C@H](NC(=O)CCC(=O)[C@H](Cc1ccccc1)N(C)C(=O)[C@H](C)CC(=O)[C@H](Cc1ccccc1)NC(=O)OC(C)(C)C)C(=O)C[C@@H](C)C(=O)N[C@H](C(=O)C[C@@H](Cc1ccccc1)C(=O)N[C@@H](CC(=O)O)C(=O)N(C)[C@@H](C)C(=O)N[C@@H](COC(C)(C)C)C(=O)CCC(N)=O)C(C)C. The fraction of sp³-hybridized carbons (Fsp3) is 0.568. The molecule has 0 saturated heterocycles. The van der Waals surface area contributed by atoms with Crippen LogP contribution in [0.4, 0.5) is 4.79 Å². The van der Waals surface area contributed by atoms with Crippen molar-refractivity contribution in [3.8, 4) is 0 Å². The Morgan fingerprint density at radius 3 is 1.48 bits per heavy atom. The number of ether oxygens (including phenoxy) is 2. The number of nitrogens with zero attached hydrogens (tertiary/aromatic N) is 2. The van der Waals surface area contributed by atoms with Crippen molar-refractivity contribution in [1.29, 1.82) is 0 Å². The van der Waals surface area contributed by atoms with Crippen LogP contribution < -0.4 is 32.3 Å². The van der Waals surface area contributed by atoms with Crippen LogP contribution in [0.5, 0.6) is 0 Å². The highest BCUT2D eigenvalue weighted by Crippen LogP contribution is 2.23. The van der Waals surface area contributed by atoms with E-state index in [0.717, 1.165) is 16.0 Å². The summed E-state index contributed by atoms with van der Waals surface area (Å²) >= 11 is 0. The van der Waals surface area contributed by atoms with Crippen molar-refractivity contribution >= 4 is 82.3 Å². The Morgan fingerprint density at radius 2 is 0.980 bits per heavy atom. The molecule has 3 aromatic carbocycles. The number of benzene rings is 3. The Morgan fingerprint density at radius 1 is 0.475 bits per heavy atom. The first-order chi connectivity index (χ1) is 46.2. The quantitative estimate of drug-likeness (QED) is 0.0334. The van der Waals surface area contributed by atoms with Crippen molar-refractivity contribution < 1.29 is 81.7 Å². The van der Waals surface area contributed by atoms with Gasteiger partial charge in [-0.3, -0.25) is 62.3 Å². The minimum absolute atomic E-state index is 0.0766. The Kier molecular flexibility index (Phi) is 34.2. The third-order valence-corrected chi connectivity index (χ3v) is 16.5. The zero-order chi connectivity index (χ0) is 74.6. The van der Waals surface area contributed by atoms with Crippen LogP contribution in [0, 0.1) is 29.6 Å². The maximum atomic E-state index is 14.5. The predicted octanol–water partition coefficient (Wildman–Crippen LogP) is 6.16. The lowest BCUT2D eigenvalue weighted by atomic mass is 9.87. The second kappa shape index (κ2) is 40.2. The number of hydrogen-bond donors (Lipinski definition) is 7. The molecule has 99 heavy (non-hydrogen) atoms. The summed E-state index contributed by atoms with van der Waals surface area (Å²) in [6.07, 6.45) is -3.94. The van der Waals surface area contributed by atoms with Gasteiger partial charge >= 0.3 is 12.1 Å². The van der Waals surface area contributed by atoms with E-state index in [4.69, 9.17) is 15.2 Å². The van der Waals surface area contributed by atoms with Crippen LogP contribution in [-0.4, -0.2) is 171 Å². The molecule has 10 atom stereocenters. The zero-order valence-corrected chi connectivity index (χ0v) is 60.2. The lowest BCUT2D eigenvalue weighted by Gasteiger charge is -2.31. The number of nitrogens with one attached hydrogen (secondary N) is 5. The van der Waals surface area contributed by atoms with Crippen LogP contribution >= 0.6 is 0 Å². The monoisotopic (exact) mass is 1380 g/mol. The van der Waals surface area contributed by atoms with Gasteiger partial charge in [-0.05, 0) is 103 Å². The molecule has 25 heteroatoms. The molecular formula is C74H106N8O17. The average molecular weight is 1380 g/mol. The van der Waals surface area contributed by atoms with Gasteiger partial charge in [-0.15, -0.1) is 0 Å². The van der Waals surface area contributed by atoms with Gasteiger partial charge in [0.05, 0.1) is 42.8 Å². The topological polar surface area (TPSA) is 370 Å². The number of carbonyl (C=O) groups excluding carboxylic acids is 13. The first-order valence-electron chi connectivity index (χ1n) is 33.8. The zero-order valence-electron chi connectivity index (χ0n) is 60.2. The van der Waals surface area contributed by atoms with Crippen molar-refractivity contribution in [2.75, 3.05) is 20.7 Å². The van der Waals surface area contributed by atoms with Gasteiger partial charge in [0.1, 0.15) is 23.7 Å². The molecule has 0 saturated carbocycles. The molecule has 8 amide bonds. The van der Waals surface area contributed by atoms with Gasteiger partial charge in [0, 0.05) is 76.8 Å². The predicted molar refractivity (Wildman–Crippen MR) is 371 cm³/mol. The van der Waals surface area contributed by atoms with Gasteiger partial charge in [-0.25, -0.2) is 4.79 Å². The molecule has 0 aromatic heterocycles. The van der Waals surface area contributed by atoms with Gasteiger partial charge in [0.15, 0.2) is 28.9 Å². The van der Waals surface area contributed by atoms with E-state index in [1.54, 1.807) is 135 Å². The number of nitrogens with two attached hydrogens (primary N) is 1. The van der Waals surface area contributed by atoms with E-state index in [1.807, 2.05) is 32.0 Å². The number of Topliss-reactive ketones (excluding diaryl/α,β-unsaturated/α-hetero) is 5. The molecule has 25 nitrogen and oxygen atoms in total. The van der Waals surface area contributed by atoms with Crippen LogP contribution in [0.3, 0.4) is 0 Å². The summed E-state index contributed by atoms with van der Waals surface area (Å²) in [5, 5.41) is 23.2. The third-order valence-electron chi connectivity index (χ3n) is 16.5. The molecule has 0 aliphatic heterocycles. The Labute approximate surface area is 582 Å². The van der Waals surface area contributed by atoms with E-state index in [1.165, 1.54) is 32.8 Å². The number of aliphatic carboxylic acids is 1. The van der Waals surface area contributed by atoms with Crippen LogP contribution in [-0.2, 0) is 91.1 Å². The summed E-state index contributed by atoms with van der Waals surface area (Å²) < 4.78 is 11.2. The lowest BCUT2D eigenvalue weighted by molar-refractivity contribution is -0.146. The highest BCUT2D eigenvalue weighted by atomic mass is 16.6. The van der Waals surface area contributed by atoms with Crippen LogP contribution in [0.1, 0.15) is 164 Å². The number of hydrogen-bond acceptors (Lipinski definition) is 16. The number of likely N-dealkylation sites (N-methyl/N-ethyl adjacent to an activating group) is 2. The number of primary amides is 1. The Bertz CT molecular complexity index is 3260. The summed E-state index contributed by atoms with van der Waals surface area (Å²) in [6.45, 7) is 21.3. The second-order valence-corrected chi connectivity index (χ2v) is 28.4. The minimum atomic E-state index is -1.77. The molecule has 3 rings (SSSR count). The van der Waals surface area contributed by atoms with Gasteiger partial charge in [0.2, 0.25) is 41.4 Å². The number of rotatable bonds is 42. The molecule has 0 aliphatic carbocycles. The van der Waals surface area contributed by atoms with Gasteiger partial charge < -0.3 is 56.7 Å². The van der Waals surface area contributed by atoms with Gasteiger partial charge in [0.25, 0.3) is 0 Å². The highest BCUT2D eigenvalue weighted by molar-refractivity contribution is 5.99. The molecule has 0 spiro atoms. The van der Waals surface area contributed by atoms with Crippen LogP contribution in [0.25, 0.3) is 0 Å². The fourth-order valence-corrected chi connectivity index (χ4v) is 10.8. The number of alkyl carbamates (subject to hydrolysis) is 1. The molecule has 0 fully saturated rings. The fourth-order valence-electron chi connectivity index (χ4n) is 10.8. The van der Waals surface area contributed by atoms with Gasteiger partial charge in [-0.2, -0.15) is 0 Å². The summed E-state index contributed by atoms with van der Waals surface area (Å²) in [6, 6.07) is 17.7. The summed E-state index contributed by atoms with van der Waals surface area (Å²) in [5.74, 6) is -13.3. The maximum Gasteiger partial charge on any atom is 0.408 e. The molecule has 3 aromatic rings. The van der Waals surface area contributed by atoms with Gasteiger partial charge in [-0.1, -0.05) is 133 Å². The van der Waals surface area contributed by atoms with E-state index in [2.05, 4.69) is 26.6 Å². The molecule has 8 N–H and O–H groups in total.